The molecule has 0 heterocycles. The molecular weight excluding hydrogens is 310 g/mol. The van der Waals surface area contributed by atoms with Gasteiger partial charge in [-0.15, -0.1) is 0 Å². The quantitative estimate of drug-likeness (QED) is 0.835. The van der Waals surface area contributed by atoms with Gasteiger partial charge in [0, 0.05) is 17.6 Å². The number of halogens is 1. The van der Waals surface area contributed by atoms with E-state index in [2.05, 4.69) is 15.9 Å². The molecule has 1 amide bonds. The van der Waals surface area contributed by atoms with Crippen LogP contribution in [-0.4, -0.2) is 41.7 Å². The number of hydrogen-bond acceptors (Lipinski definition) is 3. The van der Waals surface area contributed by atoms with Gasteiger partial charge in [0.15, 0.2) is 6.10 Å². The Kier molecular flexibility index (Phi) is 6.87. The van der Waals surface area contributed by atoms with Crippen molar-refractivity contribution in [3.05, 3.63) is 28.7 Å². The monoisotopic (exact) mass is 329 g/mol. The SMILES string of the molecule is CCCN(CCO)C(=O)C(C)Oc1ccc(Br)cc1. The van der Waals surface area contributed by atoms with Gasteiger partial charge in [-0.25, -0.2) is 0 Å². The van der Waals surface area contributed by atoms with Crippen LogP contribution in [0.4, 0.5) is 0 Å². The van der Waals surface area contributed by atoms with Crippen LogP contribution in [0.2, 0.25) is 0 Å². The summed E-state index contributed by atoms with van der Waals surface area (Å²) < 4.78 is 6.58. The predicted octanol–water partition coefficient (Wildman–Crippen LogP) is 2.45. The fourth-order valence-electron chi connectivity index (χ4n) is 1.75. The molecule has 0 radical (unpaired) electrons. The number of aliphatic hydroxyl groups excluding tert-OH is 1. The van der Waals surface area contributed by atoms with Crippen LogP contribution in [-0.2, 0) is 4.79 Å². The molecule has 0 aliphatic heterocycles. The smallest absolute Gasteiger partial charge is 0.263 e. The van der Waals surface area contributed by atoms with Crippen LogP contribution in [0, 0.1) is 0 Å². The minimum Gasteiger partial charge on any atom is -0.481 e. The highest BCUT2D eigenvalue weighted by Gasteiger charge is 2.21. The molecule has 0 aliphatic rings. The molecule has 1 rings (SSSR count). The minimum absolute atomic E-state index is 0.0310. The van der Waals surface area contributed by atoms with E-state index in [0.717, 1.165) is 10.9 Å². The van der Waals surface area contributed by atoms with E-state index in [9.17, 15) is 4.79 Å². The van der Waals surface area contributed by atoms with Crippen LogP contribution in [0.25, 0.3) is 0 Å². The lowest BCUT2D eigenvalue weighted by Crippen LogP contribution is -2.42. The van der Waals surface area contributed by atoms with Gasteiger partial charge in [-0.2, -0.15) is 0 Å². The van der Waals surface area contributed by atoms with Gasteiger partial charge < -0.3 is 14.7 Å². The van der Waals surface area contributed by atoms with Crippen LogP contribution >= 0.6 is 15.9 Å². The Hall–Kier alpha value is -1.07. The molecule has 1 aromatic rings. The zero-order valence-electron chi connectivity index (χ0n) is 11.3. The summed E-state index contributed by atoms with van der Waals surface area (Å²) in [6.45, 7) is 4.67. The Balaban J connectivity index is 2.62. The molecule has 4 nitrogen and oxygen atoms in total. The van der Waals surface area contributed by atoms with E-state index in [4.69, 9.17) is 9.84 Å². The first kappa shape index (κ1) is 16.0. The van der Waals surface area contributed by atoms with Crippen molar-refractivity contribution in [2.45, 2.75) is 26.4 Å². The fraction of sp³-hybridized carbons (Fsp3) is 0.500. The maximum absolute atomic E-state index is 12.2. The van der Waals surface area contributed by atoms with Gasteiger partial charge in [-0.1, -0.05) is 22.9 Å². The van der Waals surface area contributed by atoms with Gasteiger partial charge in [-0.3, -0.25) is 4.79 Å². The van der Waals surface area contributed by atoms with Gasteiger partial charge in [0.25, 0.3) is 5.91 Å². The first-order valence-electron chi connectivity index (χ1n) is 6.40. The van der Waals surface area contributed by atoms with Crippen molar-refractivity contribution in [1.29, 1.82) is 0 Å². The molecular formula is C14H20BrNO3. The van der Waals surface area contributed by atoms with Crippen LogP contribution < -0.4 is 4.74 Å². The summed E-state index contributed by atoms with van der Waals surface area (Å²) in [6, 6.07) is 7.35. The molecule has 1 aromatic carbocycles. The minimum atomic E-state index is -0.556. The molecule has 5 heteroatoms. The molecule has 0 spiro atoms. The third kappa shape index (κ3) is 5.20. The summed E-state index contributed by atoms with van der Waals surface area (Å²) in [5.41, 5.74) is 0. The fourth-order valence-corrected chi connectivity index (χ4v) is 2.01. The van der Waals surface area contributed by atoms with E-state index in [1.807, 2.05) is 31.2 Å². The Bertz CT molecular complexity index is 388. The van der Waals surface area contributed by atoms with Crippen LogP contribution in [0.3, 0.4) is 0 Å². The summed E-state index contributed by atoms with van der Waals surface area (Å²) in [6.07, 6.45) is 0.302. The van der Waals surface area contributed by atoms with E-state index >= 15 is 0 Å². The molecule has 0 fully saturated rings. The van der Waals surface area contributed by atoms with E-state index in [1.54, 1.807) is 11.8 Å². The van der Waals surface area contributed by atoms with E-state index in [1.165, 1.54) is 0 Å². The van der Waals surface area contributed by atoms with E-state index in [-0.39, 0.29) is 12.5 Å². The van der Waals surface area contributed by atoms with E-state index in [0.29, 0.717) is 18.8 Å². The molecule has 106 valence electrons. The number of nitrogens with zero attached hydrogens (tertiary/aromatic N) is 1. The Labute approximate surface area is 122 Å². The molecule has 1 unspecified atom stereocenters. The number of carbonyl (C=O) groups excluding carboxylic acids is 1. The first-order valence-corrected chi connectivity index (χ1v) is 7.19. The molecule has 0 aliphatic carbocycles. The Morgan fingerprint density at radius 1 is 1.37 bits per heavy atom. The molecule has 0 saturated heterocycles. The topological polar surface area (TPSA) is 49.8 Å². The largest absolute Gasteiger partial charge is 0.481 e. The van der Waals surface area contributed by atoms with Crippen LogP contribution in [0.15, 0.2) is 28.7 Å². The molecule has 19 heavy (non-hydrogen) atoms. The maximum Gasteiger partial charge on any atom is 0.263 e. The van der Waals surface area contributed by atoms with Crippen molar-refractivity contribution in [3.8, 4) is 5.75 Å². The Morgan fingerprint density at radius 3 is 2.53 bits per heavy atom. The number of hydrogen-bond donors (Lipinski definition) is 1. The number of aliphatic hydroxyl groups is 1. The van der Waals surface area contributed by atoms with E-state index < -0.39 is 6.10 Å². The lowest BCUT2D eigenvalue weighted by atomic mass is 10.3. The molecule has 1 N–H and O–H groups in total. The number of ether oxygens (including phenoxy) is 1. The second-order valence-electron chi connectivity index (χ2n) is 4.26. The summed E-state index contributed by atoms with van der Waals surface area (Å²) in [7, 11) is 0. The summed E-state index contributed by atoms with van der Waals surface area (Å²) in [4.78, 5) is 13.8. The normalized spacial score (nSPS) is 12.0. The van der Waals surface area contributed by atoms with Crippen molar-refractivity contribution < 1.29 is 14.6 Å². The lowest BCUT2D eigenvalue weighted by Gasteiger charge is -2.25. The van der Waals surface area contributed by atoms with Crippen LogP contribution in [0.5, 0.6) is 5.75 Å². The number of rotatable bonds is 7. The van der Waals surface area contributed by atoms with Crippen molar-refractivity contribution >= 4 is 21.8 Å². The predicted molar refractivity (Wildman–Crippen MR) is 78.2 cm³/mol. The average molecular weight is 330 g/mol. The van der Waals surface area contributed by atoms with Crippen LogP contribution in [0.1, 0.15) is 20.3 Å². The zero-order valence-corrected chi connectivity index (χ0v) is 12.9. The third-order valence-corrected chi connectivity index (χ3v) is 3.18. The summed E-state index contributed by atoms with van der Waals surface area (Å²) in [5.74, 6) is 0.559. The maximum atomic E-state index is 12.2. The average Bonchev–Trinajstić information content (AvgIpc) is 2.40. The molecule has 1 atom stereocenters. The zero-order chi connectivity index (χ0) is 14.3. The van der Waals surface area contributed by atoms with Gasteiger partial charge in [0.1, 0.15) is 5.75 Å². The summed E-state index contributed by atoms with van der Waals surface area (Å²) in [5, 5.41) is 8.97. The Morgan fingerprint density at radius 2 is 2.00 bits per heavy atom. The van der Waals surface area contributed by atoms with Crippen molar-refractivity contribution in [2.75, 3.05) is 19.7 Å². The highest BCUT2D eigenvalue weighted by Crippen LogP contribution is 2.17. The van der Waals surface area contributed by atoms with Gasteiger partial charge >= 0.3 is 0 Å². The first-order chi connectivity index (χ1) is 9.08. The second-order valence-corrected chi connectivity index (χ2v) is 5.18. The van der Waals surface area contributed by atoms with Crippen molar-refractivity contribution in [1.82, 2.24) is 4.90 Å². The van der Waals surface area contributed by atoms with Crippen molar-refractivity contribution in [3.63, 3.8) is 0 Å². The number of benzene rings is 1. The van der Waals surface area contributed by atoms with Gasteiger partial charge in [0.05, 0.1) is 6.61 Å². The van der Waals surface area contributed by atoms with Gasteiger partial charge in [-0.05, 0) is 37.6 Å². The molecule has 0 aromatic heterocycles. The lowest BCUT2D eigenvalue weighted by molar-refractivity contribution is -0.138. The molecule has 0 saturated carbocycles. The third-order valence-electron chi connectivity index (χ3n) is 2.65. The van der Waals surface area contributed by atoms with Crippen molar-refractivity contribution in [2.24, 2.45) is 0 Å². The standard InChI is InChI=1S/C14H20BrNO3/c1-3-8-16(9-10-17)14(18)11(2)19-13-6-4-12(15)5-7-13/h4-7,11,17H,3,8-10H2,1-2H3. The number of carbonyl (C=O) groups is 1. The molecule has 0 bridgehead atoms. The summed E-state index contributed by atoms with van der Waals surface area (Å²) >= 11 is 3.35. The highest BCUT2D eigenvalue weighted by atomic mass is 79.9. The van der Waals surface area contributed by atoms with Gasteiger partial charge in [0.2, 0.25) is 0 Å². The number of amides is 1. The second kappa shape index (κ2) is 8.17. The highest BCUT2D eigenvalue weighted by molar-refractivity contribution is 9.10.